The Balaban J connectivity index is 2.16. The fraction of sp³-hybridized carbons (Fsp3) is 0.0952. The largest absolute Gasteiger partial charge is 0.507 e. The Bertz CT molecular complexity index is 1160. The smallest absolute Gasteiger partial charge is 0.376 e. The van der Waals surface area contributed by atoms with Gasteiger partial charge in [-0.1, -0.05) is 24.3 Å². The maximum atomic E-state index is 12.7. The topological polar surface area (TPSA) is 106 Å². The van der Waals surface area contributed by atoms with Gasteiger partial charge in [0.05, 0.1) is 18.2 Å². The van der Waals surface area contributed by atoms with Crippen LogP contribution in [0.1, 0.15) is 11.1 Å². The van der Waals surface area contributed by atoms with E-state index in [1.54, 1.807) is 35.9 Å². The maximum Gasteiger partial charge on any atom is 0.376 e. The van der Waals surface area contributed by atoms with Crippen molar-refractivity contribution in [1.29, 1.82) is 0 Å². The first-order valence-corrected chi connectivity index (χ1v) is 8.34. The molecular weight excluding hydrogens is 362 g/mol. The van der Waals surface area contributed by atoms with E-state index in [0.717, 1.165) is 5.56 Å². The minimum Gasteiger partial charge on any atom is -0.507 e. The number of nitrogens with zero attached hydrogens (tertiary/aromatic N) is 1. The van der Waals surface area contributed by atoms with Crippen LogP contribution >= 0.6 is 0 Å². The predicted molar refractivity (Wildman–Crippen MR) is 104 cm³/mol. The molecule has 1 aromatic heterocycles. The molecule has 0 fully saturated rings. The summed E-state index contributed by atoms with van der Waals surface area (Å²) >= 11 is 0. The second kappa shape index (κ2) is 7.79. The summed E-state index contributed by atoms with van der Waals surface area (Å²) in [5.74, 6) is -3.05. The number of benzene rings is 2. The summed E-state index contributed by atoms with van der Waals surface area (Å²) in [7, 11) is 1.56. The van der Waals surface area contributed by atoms with E-state index in [4.69, 9.17) is 9.84 Å². The van der Waals surface area contributed by atoms with Gasteiger partial charge in [-0.05, 0) is 29.8 Å². The van der Waals surface area contributed by atoms with Crippen molar-refractivity contribution in [3.05, 3.63) is 82.2 Å². The van der Waals surface area contributed by atoms with Gasteiger partial charge in [0.25, 0.3) is 5.78 Å². The van der Waals surface area contributed by atoms with E-state index in [0.29, 0.717) is 29.3 Å². The first-order valence-electron chi connectivity index (χ1n) is 8.34. The summed E-state index contributed by atoms with van der Waals surface area (Å²) < 4.78 is 6.97. The molecule has 0 aliphatic carbocycles. The summed E-state index contributed by atoms with van der Waals surface area (Å²) in [5.41, 5.74) is 0.876. The maximum absolute atomic E-state index is 12.7. The number of carboxylic acids is 1. The number of rotatable bonds is 6. The van der Waals surface area contributed by atoms with Crippen molar-refractivity contribution in [3.63, 3.8) is 0 Å². The number of pyridine rings is 1. The number of carboxylic acid groups (broad SMARTS) is 1. The Morgan fingerprint density at radius 3 is 2.57 bits per heavy atom. The fourth-order valence-electron chi connectivity index (χ4n) is 2.89. The van der Waals surface area contributed by atoms with Crippen LogP contribution in [0.4, 0.5) is 0 Å². The Kier molecular flexibility index (Phi) is 5.26. The van der Waals surface area contributed by atoms with Gasteiger partial charge >= 0.3 is 5.97 Å². The van der Waals surface area contributed by atoms with Crippen LogP contribution in [0.5, 0.6) is 5.75 Å². The molecule has 0 aliphatic heterocycles. The molecule has 3 rings (SSSR count). The van der Waals surface area contributed by atoms with Crippen molar-refractivity contribution in [1.82, 2.24) is 4.57 Å². The summed E-state index contributed by atoms with van der Waals surface area (Å²) in [6.45, 7) is 0.366. The van der Waals surface area contributed by atoms with Crippen LogP contribution in [0.3, 0.4) is 0 Å². The van der Waals surface area contributed by atoms with Gasteiger partial charge in [0, 0.05) is 24.2 Å². The monoisotopic (exact) mass is 379 g/mol. The number of hydrogen-bond donors (Lipinski definition) is 2. The summed E-state index contributed by atoms with van der Waals surface area (Å²) in [5, 5.41) is 19.3. The first kappa shape index (κ1) is 18.9. The minimum atomic E-state index is -1.72. The molecule has 1 heterocycles. The van der Waals surface area contributed by atoms with Gasteiger partial charge in [0.2, 0.25) is 0 Å². The van der Waals surface area contributed by atoms with E-state index < -0.39 is 22.9 Å². The molecule has 142 valence electrons. The molecule has 0 atom stereocenters. The van der Waals surface area contributed by atoms with Gasteiger partial charge < -0.3 is 19.5 Å². The molecule has 7 heteroatoms. The molecule has 0 radical (unpaired) electrons. The molecule has 0 saturated heterocycles. The standard InChI is InChI=1S/C21H17NO6/c1-28-14-6-4-5-13(9-14)11-22-12-16(18(23)10-19(24)21(26)27)20(25)15-7-2-3-8-17(15)22/h2-10,12,23H,11H2,1H3,(H,26,27). The second-order valence-electron chi connectivity index (χ2n) is 6.07. The third-order valence-corrected chi connectivity index (χ3v) is 4.23. The molecule has 0 spiro atoms. The molecule has 0 amide bonds. The lowest BCUT2D eigenvalue weighted by atomic mass is 10.1. The van der Waals surface area contributed by atoms with E-state index in [1.165, 1.54) is 6.20 Å². The highest BCUT2D eigenvalue weighted by atomic mass is 16.5. The number of carbonyl (C=O) groups excluding carboxylic acids is 1. The number of carbonyl (C=O) groups is 2. The zero-order valence-electron chi connectivity index (χ0n) is 15.0. The predicted octanol–water partition coefficient (Wildman–Crippen LogP) is 2.61. The molecule has 0 saturated carbocycles. The number of methoxy groups -OCH3 is 1. The highest BCUT2D eigenvalue weighted by molar-refractivity contribution is 6.38. The summed E-state index contributed by atoms with van der Waals surface area (Å²) in [4.78, 5) is 34.9. The lowest BCUT2D eigenvalue weighted by molar-refractivity contribution is -0.146. The molecular formula is C21H17NO6. The van der Waals surface area contributed by atoms with Crippen molar-refractivity contribution in [2.45, 2.75) is 6.54 Å². The molecule has 2 aromatic carbocycles. The lowest BCUT2D eigenvalue weighted by Gasteiger charge is -2.14. The molecule has 7 nitrogen and oxygen atoms in total. The van der Waals surface area contributed by atoms with Crippen molar-refractivity contribution in [2.75, 3.05) is 7.11 Å². The number of hydrogen-bond acceptors (Lipinski definition) is 5. The zero-order chi connectivity index (χ0) is 20.3. The SMILES string of the molecule is COc1cccc(Cn2cc(C(O)=CC(=O)C(=O)O)c(=O)c3ccccc32)c1. The molecule has 0 aliphatic rings. The summed E-state index contributed by atoms with van der Waals surface area (Å²) in [6.07, 6.45) is 1.94. The van der Waals surface area contributed by atoms with Crippen molar-refractivity contribution < 1.29 is 24.5 Å². The van der Waals surface area contributed by atoms with E-state index in [-0.39, 0.29) is 5.56 Å². The Morgan fingerprint density at radius 1 is 1.11 bits per heavy atom. The van der Waals surface area contributed by atoms with Crippen molar-refractivity contribution >= 4 is 28.4 Å². The number of ether oxygens (including phenoxy) is 1. The van der Waals surface area contributed by atoms with Crippen LogP contribution in [0.15, 0.2) is 65.6 Å². The fourth-order valence-corrected chi connectivity index (χ4v) is 2.89. The number of para-hydroxylation sites is 1. The summed E-state index contributed by atoms with van der Waals surface area (Å²) in [6, 6.07) is 14.2. The number of aromatic nitrogens is 1. The Labute approximate surface area is 159 Å². The van der Waals surface area contributed by atoms with Gasteiger partial charge in [0.15, 0.2) is 5.43 Å². The van der Waals surface area contributed by atoms with Crippen LogP contribution < -0.4 is 10.2 Å². The number of aliphatic hydroxyl groups is 1. The number of fused-ring (bicyclic) bond motifs is 1. The number of aliphatic carboxylic acids is 1. The molecule has 2 N–H and O–H groups in total. The Morgan fingerprint density at radius 2 is 1.86 bits per heavy atom. The van der Waals surface area contributed by atoms with Crippen LogP contribution in [0.2, 0.25) is 0 Å². The Hall–Kier alpha value is -3.87. The van der Waals surface area contributed by atoms with E-state index >= 15 is 0 Å². The third kappa shape index (κ3) is 3.78. The van der Waals surface area contributed by atoms with Crippen LogP contribution in [-0.4, -0.2) is 33.6 Å². The quantitative estimate of drug-likeness (QED) is 0.387. The van der Waals surface area contributed by atoms with Crippen LogP contribution in [-0.2, 0) is 16.1 Å². The van der Waals surface area contributed by atoms with E-state index in [9.17, 15) is 19.5 Å². The highest BCUT2D eigenvalue weighted by Crippen LogP contribution is 2.19. The van der Waals surface area contributed by atoms with Gasteiger partial charge in [-0.2, -0.15) is 0 Å². The normalized spacial score (nSPS) is 11.4. The second-order valence-corrected chi connectivity index (χ2v) is 6.07. The van der Waals surface area contributed by atoms with Crippen molar-refractivity contribution in [2.24, 2.45) is 0 Å². The van der Waals surface area contributed by atoms with Crippen LogP contribution in [0, 0.1) is 0 Å². The third-order valence-electron chi connectivity index (χ3n) is 4.23. The van der Waals surface area contributed by atoms with E-state index in [1.807, 2.05) is 24.3 Å². The molecule has 0 bridgehead atoms. The average Bonchev–Trinajstić information content (AvgIpc) is 2.70. The highest BCUT2D eigenvalue weighted by Gasteiger charge is 2.16. The zero-order valence-corrected chi connectivity index (χ0v) is 15.0. The molecule has 3 aromatic rings. The minimum absolute atomic E-state index is 0.156. The molecule has 28 heavy (non-hydrogen) atoms. The van der Waals surface area contributed by atoms with Gasteiger partial charge in [0.1, 0.15) is 11.5 Å². The van der Waals surface area contributed by atoms with E-state index in [2.05, 4.69) is 0 Å². The number of ketones is 1. The van der Waals surface area contributed by atoms with Gasteiger partial charge in [-0.25, -0.2) is 4.79 Å². The average molecular weight is 379 g/mol. The first-order chi connectivity index (χ1) is 13.4. The van der Waals surface area contributed by atoms with Gasteiger partial charge in [-0.15, -0.1) is 0 Å². The van der Waals surface area contributed by atoms with Gasteiger partial charge in [-0.3, -0.25) is 9.59 Å². The van der Waals surface area contributed by atoms with Crippen molar-refractivity contribution in [3.8, 4) is 5.75 Å². The lowest BCUT2D eigenvalue weighted by Crippen LogP contribution is -2.16. The molecule has 0 unspecified atom stereocenters. The number of aliphatic hydroxyl groups excluding tert-OH is 1. The van der Waals surface area contributed by atoms with Crippen LogP contribution in [0.25, 0.3) is 16.7 Å².